The van der Waals surface area contributed by atoms with Crippen molar-refractivity contribution in [3.05, 3.63) is 58.5 Å². The van der Waals surface area contributed by atoms with Crippen molar-refractivity contribution < 1.29 is 4.79 Å². The normalized spacial score (nSPS) is 15.7. The summed E-state index contributed by atoms with van der Waals surface area (Å²) in [5, 5.41) is 11.9. The van der Waals surface area contributed by atoms with Crippen molar-refractivity contribution in [1.29, 1.82) is 0 Å². The largest absolute Gasteiger partial charge is 0.312 e. The summed E-state index contributed by atoms with van der Waals surface area (Å²) >= 11 is 3.30. The van der Waals surface area contributed by atoms with Crippen molar-refractivity contribution in [2.45, 2.75) is 68.8 Å². The number of hydrogen-bond acceptors (Lipinski definition) is 5. The van der Waals surface area contributed by atoms with Crippen LogP contribution in [0.2, 0.25) is 0 Å². The standard InChI is InChI=1S/C24H30N4OS2/c1-3-27(19-11-6-4-7-12-19)23(29)18(2)31-24-26-25-22(17-21-15-10-16-30-21)28(24)20-13-8-5-9-14-20/h4,6-7,10-12,15-16,18,20H,3,5,8-9,13-14,17H2,1-2H3. The highest BCUT2D eigenvalue weighted by molar-refractivity contribution is 8.00. The lowest BCUT2D eigenvalue weighted by atomic mass is 9.95. The van der Waals surface area contributed by atoms with Gasteiger partial charge >= 0.3 is 0 Å². The van der Waals surface area contributed by atoms with E-state index < -0.39 is 0 Å². The van der Waals surface area contributed by atoms with Crippen LogP contribution in [0.25, 0.3) is 0 Å². The third kappa shape index (κ3) is 5.21. The topological polar surface area (TPSA) is 51.0 Å². The number of hydrogen-bond donors (Lipinski definition) is 0. The number of anilines is 1. The molecule has 7 heteroatoms. The van der Waals surface area contributed by atoms with Gasteiger partial charge in [0.15, 0.2) is 5.16 Å². The zero-order valence-electron chi connectivity index (χ0n) is 18.2. The van der Waals surface area contributed by atoms with Gasteiger partial charge in [-0.05, 0) is 50.3 Å². The molecule has 3 aromatic rings. The molecule has 4 rings (SSSR count). The van der Waals surface area contributed by atoms with E-state index in [1.165, 1.54) is 24.1 Å². The molecule has 0 spiro atoms. The van der Waals surface area contributed by atoms with Crippen LogP contribution in [0.4, 0.5) is 5.69 Å². The second-order valence-corrected chi connectivity index (χ2v) is 10.3. The number of rotatable bonds is 8. The van der Waals surface area contributed by atoms with Crippen LogP contribution in [-0.4, -0.2) is 32.5 Å². The molecule has 31 heavy (non-hydrogen) atoms. The Balaban J connectivity index is 1.56. The SMILES string of the molecule is CCN(C(=O)C(C)Sc1nnc(Cc2cccs2)n1C1CCCCC1)c1ccccc1. The van der Waals surface area contributed by atoms with Gasteiger partial charge in [-0.1, -0.05) is 55.3 Å². The maximum Gasteiger partial charge on any atom is 0.240 e. The van der Waals surface area contributed by atoms with E-state index in [0.717, 1.165) is 35.9 Å². The first kappa shape index (κ1) is 22.1. The lowest BCUT2D eigenvalue weighted by molar-refractivity contribution is -0.117. The lowest BCUT2D eigenvalue weighted by Crippen LogP contribution is -2.36. The first-order chi connectivity index (χ1) is 15.2. The van der Waals surface area contributed by atoms with Crippen LogP contribution in [0.3, 0.4) is 0 Å². The summed E-state index contributed by atoms with van der Waals surface area (Å²) in [5.74, 6) is 1.13. The molecule has 2 aromatic heterocycles. The minimum atomic E-state index is -0.235. The van der Waals surface area contributed by atoms with E-state index in [0.29, 0.717) is 12.6 Å². The van der Waals surface area contributed by atoms with Crippen LogP contribution in [0.1, 0.15) is 62.7 Å². The van der Waals surface area contributed by atoms with Crippen LogP contribution in [0, 0.1) is 0 Å². The number of carbonyl (C=O) groups is 1. The molecule has 0 radical (unpaired) electrons. The Hall–Kier alpha value is -2.12. The van der Waals surface area contributed by atoms with Gasteiger partial charge in [0.05, 0.1) is 5.25 Å². The Bertz CT molecular complexity index is 965. The Morgan fingerprint density at radius 1 is 1.16 bits per heavy atom. The Morgan fingerprint density at radius 3 is 2.61 bits per heavy atom. The van der Waals surface area contributed by atoms with Gasteiger partial charge in [0, 0.05) is 29.6 Å². The van der Waals surface area contributed by atoms with Gasteiger partial charge in [-0.25, -0.2) is 0 Å². The second kappa shape index (κ2) is 10.5. The van der Waals surface area contributed by atoms with Gasteiger partial charge in [0.2, 0.25) is 5.91 Å². The fraction of sp³-hybridized carbons (Fsp3) is 0.458. The summed E-state index contributed by atoms with van der Waals surface area (Å²) in [5.41, 5.74) is 0.939. The van der Waals surface area contributed by atoms with Crippen LogP contribution in [0.15, 0.2) is 53.0 Å². The van der Waals surface area contributed by atoms with Crippen molar-refractivity contribution in [2.24, 2.45) is 0 Å². The molecule has 1 atom stereocenters. The highest BCUT2D eigenvalue weighted by Gasteiger charge is 2.28. The summed E-state index contributed by atoms with van der Waals surface area (Å²) in [4.78, 5) is 16.4. The number of carbonyl (C=O) groups excluding carboxylic acids is 1. The fourth-order valence-electron chi connectivity index (χ4n) is 4.28. The minimum Gasteiger partial charge on any atom is -0.312 e. The Labute approximate surface area is 192 Å². The highest BCUT2D eigenvalue weighted by Crippen LogP contribution is 2.35. The number of thioether (sulfide) groups is 1. The molecule has 164 valence electrons. The first-order valence-corrected chi connectivity index (χ1v) is 12.9. The molecule has 1 fully saturated rings. The van der Waals surface area contributed by atoms with Gasteiger partial charge in [0.1, 0.15) is 5.82 Å². The van der Waals surface area contributed by atoms with Crippen molar-refractivity contribution in [2.75, 3.05) is 11.4 Å². The van der Waals surface area contributed by atoms with Crippen molar-refractivity contribution in [3.8, 4) is 0 Å². The van der Waals surface area contributed by atoms with Crippen molar-refractivity contribution in [1.82, 2.24) is 14.8 Å². The fourth-order valence-corrected chi connectivity index (χ4v) is 5.99. The van der Waals surface area contributed by atoms with Crippen molar-refractivity contribution in [3.63, 3.8) is 0 Å². The third-order valence-corrected chi connectivity index (χ3v) is 7.79. The van der Waals surface area contributed by atoms with E-state index in [2.05, 4.69) is 32.3 Å². The number of nitrogens with zero attached hydrogens (tertiary/aromatic N) is 4. The van der Waals surface area contributed by atoms with E-state index in [1.807, 2.05) is 49.1 Å². The predicted molar refractivity (Wildman–Crippen MR) is 129 cm³/mol. The quantitative estimate of drug-likeness (QED) is 0.394. The average Bonchev–Trinajstić information content (AvgIpc) is 3.46. The van der Waals surface area contributed by atoms with E-state index in [4.69, 9.17) is 0 Å². The summed E-state index contributed by atoms with van der Waals surface area (Å²) in [6, 6.07) is 14.6. The third-order valence-electron chi connectivity index (χ3n) is 5.87. The number of benzene rings is 1. The van der Waals surface area contributed by atoms with Crippen LogP contribution in [-0.2, 0) is 11.2 Å². The van der Waals surface area contributed by atoms with E-state index in [-0.39, 0.29) is 11.2 Å². The summed E-state index contributed by atoms with van der Waals surface area (Å²) in [7, 11) is 0. The molecule has 5 nitrogen and oxygen atoms in total. The number of aromatic nitrogens is 3. The highest BCUT2D eigenvalue weighted by atomic mass is 32.2. The summed E-state index contributed by atoms with van der Waals surface area (Å²) in [6.45, 7) is 4.65. The minimum absolute atomic E-state index is 0.108. The van der Waals surface area contributed by atoms with Gasteiger partial charge in [-0.15, -0.1) is 21.5 Å². The Kier molecular flexibility index (Phi) is 7.45. The lowest BCUT2D eigenvalue weighted by Gasteiger charge is -2.27. The average molecular weight is 455 g/mol. The Morgan fingerprint density at radius 2 is 1.94 bits per heavy atom. The maximum atomic E-state index is 13.3. The van der Waals surface area contributed by atoms with E-state index in [9.17, 15) is 4.79 Å². The predicted octanol–water partition coefficient (Wildman–Crippen LogP) is 5.97. The van der Waals surface area contributed by atoms with Gasteiger partial charge in [0.25, 0.3) is 0 Å². The van der Waals surface area contributed by atoms with Gasteiger partial charge in [-0.2, -0.15) is 0 Å². The molecule has 1 aliphatic rings. The molecule has 2 heterocycles. The second-order valence-electron chi connectivity index (χ2n) is 7.99. The number of para-hydroxylation sites is 1. The molecular weight excluding hydrogens is 424 g/mol. The molecule has 1 unspecified atom stereocenters. The molecule has 1 amide bonds. The smallest absolute Gasteiger partial charge is 0.240 e. The molecule has 1 aromatic carbocycles. The van der Waals surface area contributed by atoms with Crippen LogP contribution >= 0.6 is 23.1 Å². The molecular formula is C24H30N4OS2. The monoisotopic (exact) mass is 454 g/mol. The number of amides is 1. The van der Waals surface area contributed by atoms with Gasteiger partial charge in [-0.3, -0.25) is 4.79 Å². The number of thiophene rings is 1. The molecule has 0 saturated heterocycles. The van der Waals surface area contributed by atoms with Crippen molar-refractivity contribution >= 4 is 34.7 Å². The molecule has 0 N–H and O–H groups in total. The zero-order chi connectivity index (χ0) is 21.6. The van der Waals surface area contributed by atoms with E-state index >= 15 is 0 Å². The van der Waals surface area contributed by atoms with Gasteiger partial charge < -0.3 is 9.47 Å². The van der Waals surface area contributed by atoms with Crippen LogP contribution < -0.4 is 4.90 Å². The first-order valence-electron chi connectivity index (χ1n) is 11.2. The molecule has 0 aliphatic heterocycles. The maximum absolute atomic E-state index is 13.3. The molecule has 1 aliphatic carbocycles. The summed E-state index contributed by atoms with van der Waals surface area (Å²) in [6.07, 6.45) is 6.93. The summed E-state index contributed by atoms with van der Waals surface area (Å²) < 4.78 is 2.34. The molecule has 1 saturated carbocycles. The zero-order valence-corrected chi connectivity index (χ0v) is 19.9. The van der Waals surface area contributed by atoms with Crippen LogP contribution in [0.5, 0.6) is 0 Å². The van der Waals surface area contributed by atoms with E-state index in [1.54, 1.807) is 23.1 Å². The molecule has 0 bridgehead atoms.